The molecule has 4 heteroatoms. The van der Waals surface area contributed by atoms with Crippen molar-refractivity contribution in [2.24, 2.45) is 5.92 Å². The lowest BCUT2D eigenvalue weighted by Crippen LogP contribution is -2.29. The molecule has 0 radical (unpaired) electrons. The number of aliphatic carboxylic acids is 1. The molecule has 0 aliphatic carbocycles. The summed E-state index contributed by atoms with van der Waals surface area (Å²) in [5.74, 6) is -1.29. The van der Waals surface area contributed by atoms with Crippen LogP contribution in [0, 0.1) is 24.2 Å². The van der Waals surface area contributed by atoms with Crippen LogP contribution in [-0.2, 0) is 4.79 Å². The molecule has 2 unspecified atom stereocenters. The lowest BCUT2D eigenvalue weighted by atomic mass is 10.0. The third kappa shape index (κ3) is 3.22. The number of carboxylic acids is 1. The third-order valence-electron chi connectivity index (χ3n) is 2.88. The van der Waals surface area contributed by atoms with E-state index in [2.05, 4.69) is 11.4 Å². The number of hydrogen-bond acceptors (Lipinski definition) is 3. The number of nitriles is 1. The summed E-state index contributed by atoms with van der Waals surface area (Å²) < 4.78 is 0. The largest absolute Gasteiger partial charge is 0.481 e. The van der Waals surface area contributed by atoms with Crippen LogP contribution in [-0.4, -0.2) is 17.1 Å². The minimum atomic E-state index is -0.824. The summed E-state index contributed by atoms with van der Waals surface area (Å²) in [7, 11) is 0. The Morgan fingerprint density at radius 1 is 1.47 bits per heavy atom. The molecule has 0 fully saturated rings. The highest BCUT2D eigenvalue weighted by molar-refractivity contribution is 5.71. The van der Waals surface area contributed by atoms with Gasteiger partial charge in [-0.1, -0.05) is 0 Å². The summed E-state index contributed by atoms with van der Waals surface area (Å²) in [6.07, 6.45) is 0. The first-order chi connectivity index (χ1) is 7.95. The lowest BCUT2D eigenvalue weighted by molar-refractivity contribution is -0.141. The smallest absolute Gasteiger partial charge is 0.308 e. The predicted octanol–water partition coefficient (Wildman–Crippen LogP) is 2.39. The maximum absolute atomic E-state index is 10.8. The van der Waals surface area contributed by atoms with Crippen molar-refractivity contribution in [1.29, 1.82) is 5.26 Å². The van der Waals surface area contributed by atoms with Gasteiger partial charge in [0, 0.05) is 11.7 Å². The molecule has 0 spiro atoms. The number of anilines is 1. The average Bonchev–Trinajstić information content (AvgIpc) is 2.28. The van der Waals surface area contributed by atoms with Gasteiger partial charge in [-0.25, -0.2) is 0 Å². The average molecular weight is 232 g/mol. The number of nitrogens with zero attached hydrogens (tertiary/aromatic N) is 1. The fraction of sp³-hybridized carbons (Fsp3) is 0.385. The molecule has 90 valence electrons. The van der Waals surface area contributed by atoms with E-state index in [-0.39, 0.29) is 6.04 Å². The lowest BCUT2D eigenvalue weighted by Gasteiger charge is -2.19. The van der Waals surface area contributed by atoms with Crippen LogP contribution >= 0.6 is 0 Å². The van der Waals surface area contributed by atoms with Gasteiger partial charge < -0.3 is 10.4 Å². The second kappa shape index (κ2) is 5.35. The van der Waals surface area contributed by atoms with Crippen LogP contribution in [0.5, 0.6) is 0 Å². The Kier molecular flexibility index (Phi) is 4.11. The van der Waals surface area contributed by atoms with E-state index in [0.717, 1.165) is 11.3 Å². The van der Waals surface area contributed by atoms with Crippen molar-refractivity contribution in [3.05, 3.63) is 29.3 Å². The molecule has 0 heterocycles. The molecule has 0 aliphatic heterocycles. The van der Waals surface area contributed by atoms with Gasteiger partial charge in [0.15, 0.2) is 0 Å². The van der Waals surface area contributed by atoms with E-state index in [1.807, 2.05) is 19.9 Å². The van der Waals surface area contributed by atoms with E-state index in [9.17, 15) is 4.79 Å². The fourth-order valence-electron chi connectivity index (χ4n) is 1.48. The topological polar surface area (TPSA) is 73.1 Å². The van der Waals surface area contributed by atoms with Crippen LogP contribution in [0.25, 0.3) is 0 Å². The Bertz CT molecular complexity index is 463. The first kappa shape index (κ1) is 13.0. The minimum absolute atomic E-state index is 0.167. The number of aryl methyl sites for hydroxylation is 1. The molecule has 0 saturated heterocycles. The van der Waals surface area contributed by atoms with E-state index in [1.54, 1.807) is 19.1 Å². The zero-order chi connectivity index (χ0) is 13.0. The van der Waals surface area contributed by atoms with E-state index in [4.69, 9.17) is 10.4 Å². The van der Waals surface area contributed by atoms with Crippen molar-refractivity contribution in [2.45, 2.75) is 26.8 Å². The molecule has 0 aliphatic rings. The van der Waals surface area contributed by atoms with Gasteiger partial charge in [0.1, 0.15) is 0 Å². The molecule has 0 amide bonds. The summed E-state index contributed by atoms with van der Waals surface area (Å²) in [6, 6.07) is 7.30. The number of rotatable bonds is 4. The second-order valence-electron chi connectivity index (χ2n) is 4.20. The van der Waals surface area contributed by atoms with Gasteiger partial charge in [-0.05, 0) is 44.5 Å². The number of benzene rings is 1. The van der Waals surface area contributed by atoms with Crippen molar-refractivity contribution >= 4 is 11.7 Å². The monoisotopic (exact) mass is 232 g/mol. The highest BCUT2D eigenvalue weighted by atomic mass is 16.4. The minimum Gasteiger partial charge on any atom is -0.481 e. The van der Waals surface area contributed by atoms with Gasteiger partial charge in [0.25, 0.3) is 0 Å². The van der Waals surface area contributed by atoms with Crippen LogP contribution in [0.2, 0.25) is 0 Å². The second-order valence-corrected chi connectivity index (χ2v) is 4.20. The van der Waals surface area contributed by atoms with Gasteiger partial charge >= 0.3 is 5.97 Å². The quantitative estimate of drug-likeness (QED) is 0.836. The van der Waals surface area contributed by atoms with Crippen LogP contribution in [0.1, 0.15) is 25.0 Å². The van der Waals surface area contributed by atoms with Crippen molar-refractivity contribution in [1.82, 2.24) is 0 Å². The molecule has 0 bridgehead atoms. The van der Waals surface area contributed by atoms with Crippen LogP contribution in [0.4, 0.5) is 5.69 Å². The molecule has 1 rings (SSSR count). The maximum atomic E-state index is 10.8. The predicted molar refractivity (Wildman–Crippen MR) is 65.8 cm³/mol. The van der Waals surface area contributed by atoms with Crippen LogP contribution in [0.3, 0.4) is 0 Å². The molecular weight excluding hydrogens is 216 g/mol. The highest BCUT2D eigenvalue weighted by Gasteiger charge is 2.19. The summed E-state index contributed by atoms with van der Waals surface area (Å²) in [5.41, 5.74) is 2.35. The SMILES string of the molecule is Cc1cc(NC(C)C(C)C(=O)O)ccc1C#N. The number of hydrogen-bond donors (Lipinski definition) is 2. The summed E-state index contributed by atoms with van der Waals surface area (Å²) in [5, 5.41) is 20.8. The van der Waals surface area contributed by atoms with Gasteiger partial charge in [0.05, 0.1) is 17.6 Å². The molecule has 2 N–H and O–H groups in total. The highest BCUT2D eigenvalue weighted by Crippen LogP contribution is 2.17. The maximum Gasteiger partial charge on any atom is 0.308 e. The van der Waals surface area contributed by atoms with E-state index < -0.39 is 11.9 Å². The van der Waals surface area contributed by atoms with Crippen LogP contribution < -0.4 is 5.32 Å². The summed E-state index contributed by atoms with van der Waals surface area (Å²) in [6.45, 7) is 5.35. The van der Waals surface area contributed by atoms with Crippen LogP contribution in [0.15, 0.2) is 18.2 Å². The Hall–Kier alpha value is -2.02. The van der Waals surface area contributed by atoms with E-state index >= 15 is 0 Å². The zero-order valence-corrected chi connectivity index (χ0v) is 10.2. The zero-order valence-electron chi connectivity index (χ0n) is 10.2. The number of carboxylic acid groups (broad SMARTS) is 1. The Morgan fingerprint density at radius 2 is 2.12 bits per heavy atom. The number of nitrogens with one attached hydrogen (secondary N) is 1. The fourth-order valence-corrected chi connectivity index (χ4v) is 1.48. The molecular formula is C13H16N2O2. The van der Waals surface area contributed by atoms with Crippen molar-refractivity contribution < 1.29 is 9.90 Å². The normalized spacial score (nSPS) is 13.5. The summed E-state index contributed by atoms with van der Waals surface area (Å²) >= 11 is 0. The molecule has 0 saturated carbocycles. The Labute approximate surface area is 101 Å². The molecule has 1 aromatic carbocycles. The first-order valence-electron chi connectivity index (χ1n) is 5.45. The van der Waals surface area contributed by atoms with Crippen molar-refractivity contribution in [2.75, 3.05) is 5.32 Å². The van der Waals surface area contributed by atoms with Crippen molar-refractivity contribution in [3.63, 3.8) is 0 Å². The van der Waals surface area contributed by atoms with Gasteiger partial charge in [-0.3, -0.25) is 4.79 Å². The molecule has 4 nitrogen and oxygen atoms in total. The molecule has 0 aromatic heterocycles. The van der Waals surface area contributed by atoms with Crippen molar-refractivity contribution in [3.8, 4) is 6.07 Å². The van der Waals surface area contributed by atoms with E-state index in [0.29, 0.717) is 5.56 Å². The number of carbonyl (C=O) groups is 1. The molecule has 1 aromatic rings. The standard InChI is InChI=1S/C13H16N2O2/c1-8-6-12(5-4-11(8)7-14)15-10(3)9(2)13(16)17/h4-6,9-10,15H,1-3H3,(H,16,17). The Morgan fingerprint density at radius 3 is 2.59 bits per heavy atom. The Balaban J connectivity index is 2.80. The molecule has 2 atom stereocenters. The molecule has 17 heavy (non-hydrogen) atoms. The first-order valence-corrected chi connectivity index (χ1v) is 5.45. The van der Waals surface area contributed by atoms with Gasteiger partial charge in [-0.2, -0.15) is 5.26 Å². The van der Waals surface area contributed by atoms with Gasteiger partial charge in [-0.15, -0.1) is 0 Å². The van der Waals surface area contributed by atoms with Gasteiger partial charge in [0.2, 0.25) is 0 Å². The van der Waals surface area contributed by atoms with E-state index in [1.165, 1.54) is 0 Å². The third-order valence-corrected chi connectivity index (χ3v) is 2.88. The summed E-state index contributed by atoms with van der Waals surface area (Å²) in [4.78, 5) is 10.8.